The van der Waals surface area contributed by atoms with Crippen molar-refractivity contribution in [2.75, 3.05) is 18.4 Å². The summed E-state index contributed by atoms with van der Waals surface area (Å²) in [4.78, 5) is 40.3. The minimum absolute atomic E-state index is 0.151. The highest BCUT2D eigenvalue weighted by atomic mass is 32.1. The Labute approximate surface area is 174 Å². The fourth-order valence-electron chi connectivity index (χ4n) is 4.01. The number of piperidine rings is 1. The highest BCUT2D eigenvalue weighted by molar-refractivity contribution is 7.17. The van der Waals surface area contributed by atoms with Crippen LogP contribution in [-0.2, 0) is 9.59 Å². The summed E-state index contributed by atoms with van der Waals surface area (Å²) < 4.78 is 0. The minimum atomic E-state index is -0.558. The summed E-state index contributed by atoms with van der Waals surface area (Å²) in [6, 6.07) is 9.58. The van der Waals surface area contributed by atoms with Gasteiger partial charge in [0.1, 0.15) is 5.00 Å². The third-order valence-corrected chi connectivity index (χ3v) is 6.68. The maximum atomic E-state index is 13.0. The molecule has 1 aromatic carbocycles. The van der Waals surface area contributed by atoms with E-state index in [0.717, 1.165) is 48.2 Å². The maximum absolute atomic E-state index is 13.0. The largest absolute Gasteiger partial charge is 0.365 e. The van der Waals surface area contributed by atoms with Crippen LogP contribution in [0.3, 0.4) is 0 Å². The predicted molar refractivity (Wildman–Crippen MR) is 114 cm³/mol. The van der Waals surface area contributed by atoms with Crippen LogP contribution in [-0.4, -0.2) is 35.7 Å². The number of hydrogen-bond donors (Lipinski definition) is 2. The smallest absolute Gasteiger partial charge is 0.252 e. The summed E-state index contributed by atoms with van der Waals surface area (Å²) in [6.45, 7) is 3.09. The molecule has 29 heavy (non-hydrogen) atoms. The van der Waals surface area contributed by atoms with Crippen LogP contribution in [0.4, 0.5) is 5.00 Å². The molecule has 2 fully saturated rings. The van der Waals surface area contributed by atoms with Crippen molar-refractivity contribution < 1.29 is 14.4 Å². The van der Waals surface area contributed by atoms with E-state index in [9.17, 15) is 14.4 Å². The van der Waals surface area contributed by atoms with Crippen LogP contribution in [0.1, 0.15) is 40.9 Å². The van der Waals surface area contributed by atoms with Crippen LogP contribution in [0.2, 0.25) is 0 Å². The van der Waals surface area contributed by atoms with Crippen molar-refractivity contribution >= 4 is 34.1 Å². The number of nitrogens with zero attached hydrogens (tertiary/aromatic N) is 1. The molecular weight excluding hydrogens is 386 g/mol. The number of nitrogens with one attached hydrogen (secondary N) is 1. The number of likely N-dealkylation sites (tertiary alicyclic amines) is 1. The second-order valence-corrected chi connectivity index (χ2v) is 9.08. The molecule has 3 amide bonds. The van der Waals surface area contributed by atoms with E-state index in [1.54, 1.807) is 0 Å². The number of thiophene rings is 1. The number of rotatable bonds is 5. The SMILES string of the molecule is Cc1sc(NC(=O)C2CCCN(C(=O)C3CC3)C2)c(C(N)=O)c1-c1ccccc1. The lowest BCUT2D eigenvalue weighted by molar-refractivity contribution is -0.135. The van der Waals surface area contributed by atoms with Crippen molar-refractivity contribution in [1.29, 1.82) is 0 Å². The highest BCUT2D eigenvalue weighted by Crippen LogP contribution is 2.40. The summed E-state index contributed by atoms with van der Waals surface area (Å²) >= 11 is 1.37. The second-order valence-electron chi connectivity index (χ2n) is 7.85. The maximum Gasteiger partial charge on any atom is 0.252 e. The fourth-order valence-corrected chi connectivity index (χ4v) is 5.10. The van der Waals surface area contributed by atoms with Gasteiger partial charge in [-0.3, -0.25) is 14.4 Å². The Bertz CT molecular complexity index is 950. The Balaban J connectivity index is 1.55. The molecule has 7 heteroatoms. The number of hydrogen-bond acceptors (Lipinski definition) is 4. The van der Waals surface area contributed by atoms with Crippen molar-refractivity contribution in [2.24, 2.45) is 17.6 Å². The lowest BCUT2D eigenvalue weighted by Gasteiger charge is -2.32. The molecule has 1 saturated carbocycles. The van der Waals surface area contributed by atoms with E-state index >= 15 is 0 Å². The highest BCUT2D eigenvalue weighted by Gasteiger charge is 2.37. The molecule has 6 nitrogen and oxygen atoms in total. The number of nitrogens with two attached hydrogens (primary N) is 1. The number of benzene rings is 1. The van der Waals surface area contributed by atoms with Gasteiger partial charge in [0.2, 0.25) is 11.8 Å². The number of amides is 3. The first-order chi connectivity index (χ1) is 14.0. The average Bonchev–Trinajstić information content (AvgIpc) is 3.51. The van der Waals surface area contributed by atoms with Crippen molar-refractivity contribution in [3.63, 3.8) is 0 Å². The normalized spacial score (nSPS) is 19.1. The molecule has 1 unspecified atom stereocenters. The van der Waals surface area contributed by atoms with Crippen molar-refractivity contribution in [1.82, 2.24) is 4.90 Å². The van der Waals surface area contributed by atoms with Gasteiger partial charge in [-0.25, -0.2) is 0 Å². The van der Waals surface area contributed by atoms with Gasteiger partial charge in [0.15, 0.2) is 0 Å². The lowest BCUT2D eigenvalue weighted by atomic mass is 9.96. The molecule has 1 aliphatic heterocycles. The van der Waals surface area contributed by atoms with Crippen LogP contribution in [0.5, 0.6) is 0 Å². The summed E-state index contributed by atoms with van der Waals surface area (Å²) in [5.74, 6) is -0.639. The van der Waals surface area contributed by atoms with Crippen molar-refractivity contribution in [2.45, 2.75) is 32.6 Å². The molecule has 4 rings (SSSR count). The first-order valence-corrected chi connectivity index (χ1v) is 10.9. The lowest BCUT2D eigenvalue weighted by Crippen LogP contribution is -2.44. The zero-order valence-electron chi connectivity index (χ0n) is 16.4. The van der Waals surface area contributed by atoms with E-state index in [1.165, 1.54) is 11.3 Å². The van der Waals surface area contributed by atoms with E-state index in [1.807, 2.05) is 42.2 Å². The van der Waals surface area contributed by atoms with Crippen molar-refractivity contribution in [3.8, 4) is 11.1 Å². The van der Waals surface area contributed by atoms with Gasteiger partial charge in [0.05, 0.1) is 11.5 Å². The van der Waals surface area contributed by atoms with E-state index in [2.05, 4.69) is 5.32 Å². The first-order valence-electron chi connectivity index (χ1n) is 10.0. The molecule has 0 radical (unpaired) electrons. The molecule has 1 aliphatic carbocycles. The van der Waals surface area contributed by atoms with Gasteiger partial charge < -0.3 is 16.0 Å². The third kappa shape index (κ3) is 4.05. The van der Waals surface area contributed by atoms with E-state index < -0.39 is 5.91 Å². The number of carbonyl (C=O) groups excluding carboxylic acids is 3. The Kier molecular flexibility index (Phi) is 5.41. The van der Waals surface area contributed by atoms with Gasteiger partial charge in [-0.05, 0) is 38.2 Å². The first kappa shape index (κ1) is 19.6. The molecular formula is C22H25N3O3S. The Hall–Kier alpha value is -2.67. The average molecular weight is 412 g/mol. The van der Waals surface area contributed by atoms with Gasteiger partial charge in [0.25, 0.3) is 5.91 Å². The van der Waals surface area contributed by atoms with Gasteiger partial charge in [-0.15, -0.1) is 11.3 Å². The van der Waals surface area contributed by atoms with E-state index in [0.29, 0.717) is 17.1 Å². The number of aryl methyl sites for hydroxylation is 1. The number of primary amides is 1. The van der Waals surface area contributed by atoms with Crippen LogP contribution in [0, 0.1) is 18.8 Å². The zero-order chi connectivity index (χ0) is 20.5. The van der Waals surface area contributed by atoms with Crippen LogP contribution in [0.25, 0.3) is 11.1 Å². The number of anilines is 1. The van der Waals surface area contributed by atoms with Crippen LogP contribution in [0.15, 0.2) is 30.3 Å². The summed E-state index contributed by atoms with van der Waals surface area (Å²) in [7, 11) is 0. The molecule has 1 aromatic heterocycles. The molecule has 3 N–H and O–H groups in total. The standard InChI is InChI=1S/C22H25N3O3S/c1-13-17(14-6-3-2-4-7-14)18(19(23)26)21(29-13)24-20(27)16-8-5-11-25(12-16)22(28)15-9-10-15/h2-4,6-7,15-16H,5,8-12H2,1H3,(H2,23,26)(H,24,27). The summed E-state index contributed by atoms with van der Waals surface area (Å²) in [5, 5.41) is 3.43. The Morgan fingerprint density at radius 2 is 1.83 bits per heavy atom. The molecule has 152 valence electrons. The van der Waals surface area contributed by atoms with E-state index in [4.69, 9.17) is 5.73 Å². The van der Waals surface area contributed by atoms with Crippen LogP contribution < -0.4 is 11.1 Å². The monoisotopic (exact) mass is 411 g/mol. The minimum Gasteiger partial charge on any atom is -0.365 e. The molecule has 0 bridgehead atoms. The zero-order valence-corrected chi connectivity index (χ0v) is 17.3. The van der Waals surface area contributed by atoms with Gasteiger partial charge in [-0.1, -0.05) is 30.3 Å². The quantitative estimate of drug-likeness (QED) is 0.790. The second kappa shape index (κ2) is 7.99. The molecule has 1 saturated heterocycles. The molecule has 2 aromatic rings. The van der Waals surface area contributed by atoms with Gasteiger partial charge in [0, 0.05) is 29.4 Å². The Morgan fingerprint density at radius 3 is 2.48 bits per heavy atom. The molecule has 0 spiro atoms. The Morgan fingerprint density at radius 1 is 1.10 bits per heavy atom. The fraction of sp³-hybridized carbons (Fsp3) is 0.409. The molecule has 1 atom stereocenters. The number of carbonyl (C=O) groups is 3. The van der Waals surface area contributed by atoms with Crippen molar-refractivity contribution in [3.05, 3.63) is 40.8 Å². The summed E-state index contributed by atoms with van der Waals surface area (Å²) in [6.07, 6.45) is 3.48. The predicted octanol–water partition coefficient (Wildman–Crippen LogP) is 3.41. The van der Waals surface area contributed by atoms with Gasteiger partial charge >= 0.3 is 0 Å². The summed E-state index contributed by atoms with van der Waals surface area (Å²) in [5.41, 5.74) is 7.71. The van der Waals surface area contributed by atoms with Crippen LogP contribution >= 0.6 is 11.3 Å². The molecule has 2 heterocycles. The molecule has 2 aliphatic rings. The third-order valence-electron chi connectivity index (χ3n) is 5.66. The topological polar surface area (TPSA) is 92.5 Å². The van der Waals surface area contributed by atoms with Gasteiger partial charge in [-0.2, -0.15) is 0 Å². The van der Waals surface area contributed by atoms with E-state index in [-0.39, 0.29) is 23.7 Å².